The average Bonchev–Trinajstić information content (AvgIpc) is 2.49. The SMILES string of the molecule is C=CCNc1ncnc(Oc2ccc(C(C)C)cc2)c1N. The van der Waals surface area contributed by atoms with E-state index in [0.29, 0.717) is 35.6 Å². The summed E-state index contributed by atoms with van der Waals surface area (Å²) in [4.78, 5) is 8.16. The Morgan fingerprint density at radius 3 is 2.62 bits per heavy atom. The largest absolute Gasteiger partial charge is 0.437 e. The number of rotatable bonds is 6. The fourth-order valence-electron chi connectivity index (χ4n) is 1.80. The number of ether oxygens (including phenoxy) is 1. The second-order valence-corrected chi connectivity index (χ2v) is 4.94. The first kappa shape index (κ1) is 14.8. The number of nitrogens with two attached hydrogens (primary N) is 1. The van der Waals surface area contributed by atoms with Gasteiger partial charge in [0.2, 0.25) is 5.88 Å². The second-order valence-electron chi connectivity index (χ2n) is 4.94. The van der Waals surface area contributed by atoms with Crippen molar-refractivity contribution in [3.63, 3.8) is 0 Å². The summed E-state index contributed by atoms with van der Waals surface area (Å²) in [6.45, 7) is 8.51. The third-order valence-corrected chi connectivity index (χ3v) is 3.02. The van der Waals surface area contributed by atoms with Crippen LogP contribution in [0.5, 0.6) is 11.6 Å². The highest BCUT2D eigenvalue weighted by Gasteiger charge is 2.10. The topological polar surface area (TPSA) is 73.1 Å². The van der Waals surface area contributed by atoms with Crippen LogP contribution in [0.15, 0.2) is 43.2 Å². The Morgan fingerprint density at radius 1 is 1.29 bits per heavy atom. The molecule has 5 nitrogen and oxygen atoms in total. The van der Waals surface area contributed by atoms with E-state index < -0.39 is 0 Å². The van der Waals surface area contributed by atoms with Crippen LogP contribution < -0.4 is 15.8 Å². The predicted molar refractivity (Wildman–Crippen MR) is 85.7 cm³/mol. The summed E-state index contributed by atoms with van der Waals surface area (Å²) in [5.74, 6) is 2.06. The maximum absolute atomic E-state index is 6.00. The number of hydrogen-bond acceptors (Lipinski definition) is 5. The van der Waals surface area contributed by atoms with Gasteiger partial charge in [0, 0.05) is 6.54 Å². The van der Waals surface area contributed by atoms with Crippen molar-refractivity contribution in [2.45, 2.75) is 19.8 Å². The van der Waals surface area contributed by atoms with Gasteiger partial charge in [-0.05, 0) is 23.6 Å². The van der Waals surface area contributed by atoms with Gasteiger partial charge in [-0.3, -0.25) is 0 Å². The molecule has 2 rings (SSSR count). The number of hydrogen-bond donors (Lipinski definition) is 2. The highest BCUT2D eigenvalue weighted by molar-refractivity contribution is 5.67. The molecule has 0 spiro atoms. The lowest BCUT2D eigenvalue weighted by molar-refractivity contribution is 0.464. The standard InChI is InChI=1S/C16H20N4O/c1-4-9-18-15-14(17)16(20-10-19-15)21-13-7-5-12(6-8-13)11(2)3/h4-8,10-11H,1,9,17H2,2-3H3,(H,18,19,20). The lowest BCUT2D eigenvalue weighted by Gasteiger charge is -2.11. The van der Waals surface area contributed by atoms with Gasteiger partial charge in [-0.25, -0.2) is 4.98 Å². The summed E-state index contributed by atoms with van der Waals surface area (Å²) in [6, 6.07) is 7.89. The molecule has 0 aliphatic carbocycles. The highest BCUT2D eigenvalue weighted by atomic mass is 16.5. The zero-order valence-electron chi connectivity index (χ0n) is 12.3. The minimum absolute atomic E-state index is 0.342. The van der Waals surface area contributed by atoms with E-state index in [1.54, 1.807) is 6.08 Å². The van der Waals surface area contributed by atoms with Gasteiger partial charge in [0.05, 0.1) is 0 Å². The molecule has 0 saturated heterocycles. The van der Waals surface area contributed by atoms with Crippen LogP contribution in [0.3, 0.4) is 0 Å². The monoisotopic (exact) mass is 284 g/mol. The molecule has 5 heteroatoms. The minimum Gasteiger partial charge on any atom is -0.437 e. The Hall–Kier alpha value is -2.56. The fourth-order valence-corrected chi connectivity index (χ4v) is 1.80. The molecule has 0 saturated carbocycles. The summed E-state index contributed by atoms with van der Waals surface area (Å²) in [5, 5.41) is 3.04. The molecule has 0 fully saturated rings. The molecule has 0 radical (unpaired) electrons. The van der Waals surface area contributed by atoms with Gasteiger partial charge < -0.3 is 15.8 Å². The molecule has 0 atom stereocenters. The molecule has 0 bridgehead atoms. The Morgan fingerprint density at radius 2 is 2.00 bits per heavy atom. The molecule has 1 aromatic heterocycles. The molecule has 0 unspecified atom stereocenters. The first-order valence-corrected chi connectivity index (χ1v) is 6.85. The van der Waals surface area contributed by atoms with E-state index in [9.17, 15) is 0 Å². The Balaban J connectivity index is 2.17. The molecule has 0 aliphatic heterocycles. The van der Waals surface area contributed by atoms with E-state index in [4.69, 9.17) is 10.5 Å². The van der Waals surface area contributed by atoms with E-state index in [-0.39, 0.29) is 0 Å². The van der Waals surface area contributed by atoms with Gasteiger partial charge >= 0.3 is 0 Å². The average molecular weight is 284 g/mol. The van der Waals surface area contributed by atoms with Gasteiger partial charge in [0.15, 0.2) is 5.82 Å². The summed E-state index contributed by atoms with van der Waals surface area (Å²) in [7, 11) is 0. The van der Waals surface area contributed by atoms with E-state index in [0.717, 1.165) is 0 Å². The van der Waals surface area contributed by atoms with Crippen molar-refractivity contribution >= 4 is 11.5 Å². The summed E-state index contributed by atoms with van der Waals surface area (Å²) >= 11 is 0. The van der Waals surface area contributed by atoms with Crippen molar-refractivity contribution in [3.05, 3.63) is 48.8 Å². The van der Waals surface area contributed by atoms with E-state index in [1.165, 1.54) is 11.9 Å². The molecular weight excluding hydrogens is 264 g/mol. The third kappa shape index (κ3) is 3.72. The highest BCUT2D eigenvalue weighted by Crippen LogP contribution is 2.29. The smallest absolute Gasteiger partial charge is 0.248 e. The van der Waals surface area contributed by atoms with Crippen molar-refractivity contribution in [1.29, 1.82) is 0 Å². The molecule has 1 heterocycles. The van der Waals surface area contributed by atoms with Crippen LogP contribution in [0.4, 0.5) is 11.5 Å². The number of aromatic nitrogens is 2. The second kappa shape index (κ2) is 6.74. The first-order valence-electron chi connectivity index (χ1n) is 6.85. The van der Waals surface area contributed by atoms with Crippen molar-refractivity contribution in [3.8, 4) is 11.6 Å². The van der Waals surface area contributed by atoms with Crippen molar-refractivity contribution in [2.75, 3.05) is 17.6 Å². The third-order valence-electron chi connectivity index (χ3n) is 3.02. The van der Waals surface area contributed by atoms with E-state index in [1.807, 2.05) is 24.3 Å². The van der Waals surface area contributed by atoms with E-state index in [2.05, 4.69) is 35.7 Å². The molecule has 110 valence electrons. The van der Waals surface area contributed by atoms with Gasteiger partial charge in [0.1, 0.15) is 17.8 Å². The Bertz CT molecular complexity index is 608. The van der Waals surface area contributed by atoms with Crippen LogP contribution in [0.25, 0.3) is 0 Å². The van der Waals surface area contributed by atoms with Crippen LogP contribution in [0, 0.1) is 0 Å². The number of nitrogen functional groups attached to an aromatic ring is 1. The van der Waals surface area contributed by atoms with Crippen LogP contribution in [0.2, 0.25) is 0 Å². The zero-order valence-corrected chi connectivity index (χ0v) is 12.3. The number of nitrogens with zero attached hydrogens (tertiary/aromatic N) is 2. The lowest BCUT2D eigenvalue weighted by Crippen LogP contribution is -2.06. The maximum atomic E-state index is 6.00. The van der Waals surface area contributed by atoms with Crippen molar-refractivity contribution in [1.82, 2.24) is 9.97 Å². The normalized spacial score (nSPS) is 10.4. The van der Waals surface area contributed by atoms with Crippen LogP contribution in [-0.4, -0.2) is 16.5 Å². The van der Waals surface area contributed by atoms with Gasteiger partial charge in [0.25, 0.3) is 0 Å². The molecule has 21 heavy (non-hydrogen) atoms. The molecule has 0 amide bonds. The first-order chi connectivity index (χ1) is 10.1. The number of nitrogens with one attached hydrogen (secondary N) is 1. The van der Waals surface area contributed by atoms with Crippen LogP contribution in [-0.2, 0) is 0 Å². The summed E-state index contributed by atoms with van der Waals surface area (Å²) in [5.41, 5.74) is 7.64. The minimum atomic E-state index is 0.342. The Labute approximate surface area is 124 Å². The molecule has 2 aromatic rings. The van der Waals surface area contributed by atoms with E-state index >= 15 is 0 Å². The van der Waals surface area contributed by atoms with Gasteiger partial charge in [-0.15, -0.1) is 6.58 Å². The van der Waals surface area contributed by atoms with Crippen molar-refractivity contribution < 1.29 is 4.74 Å². The molecular formula is C16H20N4O. The molecule has 1 aromatic carbocycles. The number of benzene rings is 1. The Kier molecular flexibility index (Phi) is 4.77. The zero-order chi connectivity index (χ0) is 15.2. The van der Waals surface area contributed by atoms with Crippen LogP contribution >= 0.6 is 0 Å². The van der Waals surface area contributed by atoms with Crippen LogP contribution in [0.1, 0.15) is 25.3 Å². The summed E-state index contributed by atoms with van der Waals surface area (Å²) in [6.07, 6.45) is 3.15. The van der Waals surface area contributed by atoms with Gasteiger partial charge in [-0.2, -0.15) is 4.98 Å². The van der Waals surface area contributed by atoms with Gasteiger partial charge in [-0.1, -0.05) is 32.1 Å². The summed E-state index contributed by atoms with van der Waals surface area (Å²) < 4.78 is 5.72. The quantitative estimate of drug-likeness (QED) is 0.793. The fraction of sp³-hybridized carbons (Fsp3) is 0.250. The number of anilines is 2. The lowest BCUT2D eigenvalue weighted by atomic mass is 10.0. The predicted octanol–water partition coefficient (Wildman–Crippen LogP) is 3.57. The molecule has 3 N–H and O–H groups in total. The maximum Gasteiger partial charge on any atom is 0.248 e. The molecule has 0 aliphatic rings. The van der Waals surface area contributed by atoms with Crippen molar-refractivity contribution in [2.24, 2.45) is 0 Å².